The molecule has 0 aliphatic carbocycles. The fraction of sp³-hybridized carbons (Fsp3) is 0.750. The van der Waals surface area contributed by atoms with Crippen molar-refractivity contribution >= 4 is 0 Å². The van der Waals surface area contributed by atoms with Crippen molar-refractivity contribution in [1.29, 1.82) is 0 Å². The molecule has 1 N–H and O–H groups in total. The summed E-state index contributed by atoms with van der Waals surface area (Å²) < 4.78 is 11.0. The van der Waals surface area contributed by atoms with Crippen molar-refractivity contribution in [3.8, 4) is 0 Å². The van der Waals surface area contributed by atoms with Gasteiger partial charge >= 0.3 is 0 Å². The summed E-state index contributed by atoms with van der Waals surface area (Å²) in [5.41, 5.74) is 1.27. The minimum atomic E-state index is 0.470. The number of ether oxygens (including phenoxy) is 1. The summed E-state index contributed by atoms with van der Waals surface area (Å²) in [6, 6.07) is 3.14. The second-order valence-corrected chi connectivity index (χ2v) is 5.89. The third-order valence-electron chi connectivity index (χ3n) is 3.44. The Morgan fingerprint density at radius 1 is 1.30 bits per heavy atom. The van der Waals surface area contributed by atoms with Gasteiger partial charge in [0.2, 0.25) is 0 Å². The normalized spacial score (nSPS) is 12.1. The van der Waals surface area contributed by atoms with Gasteiger partial charge in [0.25, 0.3) is 0 Å². The Balaban J connectivity index is 2.65. The summed E-state index contributed by atoms with van der Waals surface area (Å²) in [6.07, 6.45) is 0. The number of hydrogen-bond donors (Lipinski definition) is 1. The Hall–Kier alpha value is -0.840. The lowest BCUT2D eigenvalue weighted by Gasteiger charge is -2.25. The molecule has 0 aliphatic rings. The van der Waals surface area contributed by atoms with Crippen LogP contribution in [0.15, 0.2) is 10.5 Å². The lowest BCUT2D eigenvalue weighted by molar-refractivity contribution is 0.124. The van der Waals surface area contributed by atoms with E-state index < -0.39 is 0 Å². The average Bonchev–Trinajstić information content (AvgIpc) is 2.72. The zero-order valence-corrected chi connectivity index (χ0v) is 13.8. The topological polar surface area (TPSA) is 37.6 Å². The van der Waals surface area contributed by atoms with Crippen LogP contribution in [0, 0.1) is 6.92 Å². The van der Waals surface area contributed by atoms with E-state index in [1.54, 1.807) is 7.11 Å². The van der Waals surface area contributed by atoms with Crippen LogP contribution in [-0.2, 0) is 17.8 Å². The van der Waals surface area contributed by atoms with Gasteiger partial charge in [0, 0.05) is 37.8 Å². The molecular formula is C16H30N2O2. The smallest absolute Gasteiger partial charge is 0.118 e. The Labute approximate surface area is 123 Å². The molecule has 0 atom stereocenters. The minimum Gasteiger partial charge on any atom is -0.465 e. The third kappa shape index (κ3) is 5.65. The van der Waals surface area contributed by atoms with Crippen LogP contribution in [0.5, 0.6) is 0 Å². The van der Waals surface area contributed by atoms with Crippen LogP contribution in [0.4, 0.5) is 0 Å². The van der Waals surface area contributed by atoms with E-state index in [2.05, 4.69) is 44.0 Å². The molecular weight excluding hydrogens is 252 g/mol. The number of hydrogen-bond acceptors (Lipinski definition) is 4. The highest BCUT2D eigenvalue weighted by atomic mass is 16.5. The van der Waals surface area contributed by atoms with Crippen LogP contribution in [0.1, 0.15) is 44.8 Å². The lowest BCUT2D eigenvalue weighted by Crippen LogP contribution is -2.33. The van der Waals surface area contributed by atoms with Crippen molar-refractivity contribution in [2.24, 2.45) is 0 Å². The number of nitrogens with one attached hydrogen (secondary N) is 1. The van der Waals surface area contributed by atoms with E-state index >= 15 is 0 Å². The van der Waals surface area contributed by atoms with Crippen LogP contribution >= 0.6 is 0 Å². The fourth-order valence-electron chi connectivity index (χ4n) is 2.08. The Morgan fingerprint density at radius 2 is 2.00 bits per heavy atom. The molecule has 4 nitrogen and oxygen atoms in total. The summed E-state index contributed by atoms with van der Waals surface area (Å²) in [7, 11) is 1.75. The molecule has 0 unspecified atom stereocenters. The Kier molecular flexibility index (Phi) is 7.27. The van der Waals surface area contributed by atoms with Crippen molar-refractivity contribution in [1.82, 2.24) is 10.2 Å². The molecule has 0 radical (unpaired) electrons. The quantitative estimate of drug-likeness (QED) is 0.755. The van der Waals surface area contributed by atoms with Crippen LogP contribution in [0.3, 0.4) is 0 Å². The van der Waals surface area contributed by atoms with E-state index in [1.165, 1.54) is 5.56 Å². The van der Waals surface area contributed by atoms with E-state index in [9.17, 15) is 0 Å². The van der Waals surface area contributed by atoms with Crippen molar-refractivity contribution < 1.29 is 9.15 Å². The van der Waals surface area contributed by atoms with E-state index in [-0.39, 0.29) is 0 Å². The number of furan rings is 1. The number of aryl methyl sites for hydroxylation is 1. The molecule has 1 aromatic rings. The molecule has 0 spiro atoms. The number of rotatable bonds is 9. The van der Waals surface area contributed by atoms with Gasteiger partial charge in [0.15, 0.2) is 0 Å². The zero-order chi connectivity index (χ0) is 15.1. The first kappa shape index (κ1) is 17.2. The summed E-state index contributed by atoms with van der Waals surface area (Å²) >= 11 is 0. The molecule has 1 heterocycles. The minimum absolute atomic E-state index is 0.470. The third-order valence-corrected chi connectivity index (χ3v) is 3.44. The average molecular weight is 282 g/mol. The molecule has 1 aromatic heterocycles. The fourth-order valence-corrected chi connectivity index (χ4v) is 2.08. The van der Waals surface area contributed by atoms with Gasteiger partial charge in [0.05, 0.1) is 13.2 Å². The zero-order valence-electron chi connectivity index (χ0n) is 13.8. The van der Waals surface area contributed by atoms with Gasteiger partial charge in [-0.05, 0) is 26.8 Å². The molecule has 0 saturated heterocycles. The molecule has 0 bridgehead atoms. The summed E-state index contributed by atoms with van der Waals surface area (Å²) in [6.45, 7) is 14.2. The van der Waals surface area contributed by atoms with Gasteiger partial charge in [-0.25, -0.2) is 0 Å². The van der Waals surface area contributed by atoms with Gasteiger partial charge in [-0.2, -0.15) is 0 Å². The van der Waals surface area contributed by atoms with Crippen LogP contribution in [-0.4, -0.2) is 37.2 Å². The van der Waals surface area contributed by atoms with Crippen molar-refractivity contribution in [3.05, 3.63) is 23.2 Å². The number of methoxy groups -OCH3 is 1. The van der Waals surface area contributed by atoms with Crippen LogP contribution < -0.4 is 5.32 Å². The molecule has 20 heavy (non-hydrogen) atoms. The van der Waals surface area contributed by atoms with Crippen molar-refractivity contribution in [3.63, 3.8) is 0 Å². The maximum atomic E-state index is 5.83. The van der Waals surface area contributed by atoms with Crippen molar-refractivity contribution in [2.75, 3.05) is 20.3 Å². The second-order valence-electron chi connectivity index (χ2n) is 5.89. The van der Waals surface area contributed by atoms with Gasteiger partial charge in [-0.1, -0.05) is 13.8 Å². The maximum Gasteiger partial charge on any atom is 0.118 e. The molecule has 1 rings (SSSR count). The Bertz CT molecular complexity index is 386. The maximum absolute atomic E-state index is 5.83. The van der Waals surface area contributed by atoms with Gasteiger partial charge in [-0.15, -0.1) is 0 Å². The summed E-state index contributed by atoms with van der Waals surface area (Å²) in [4.78, 5) is 2.40. The molecule has 0 aromatic carbocycles. The van der Waals surface area contributed by atoms with E-state index in [0.29, 0.717) is 12.1 Å². The van der Waals surface area contributed by atoms with Gasteiger partial charge in [0.1, 0.15) is 11.5 Å². The predicted molar refractivity (Wildman–Crippen MR) is 82.8 cm³/mol. The van der Waals surface area contributed by atoms with Crippen LogP contribution in [0.2, 0.25) is 0 Å². The summed E-state index contributed by atoms with van der Waals surface area (Å²) in [5, 5.41) is 3.39. The first-order valence-corrected chi connectivity index (χ1v) is 7.48. The SMILES string of the molecule is COCCN(Cc1cc(CNC(C)C)oc1C)C(C)C. The highest BCUT2D eigenvalue weighted by Crippen LogP contribution is 2.18. The first-order valence-electron chi connectivity index (χ1n) is 7.48. The highest BCUT2D eigenvalue weighted by molar-refractivity contribution is 5.20. The number of nitrogens with zero attached hydrogens (tertiary/aromatic N) is 1. The van der Waals surface area contributed by atoms with E-state index in [0.717, 1.165) is 37.8 Å². The first-order chi connectivity index (χ1) is 9.43. The lowest BCUT2D eigenvalue weighted by atomic mass is 10.2. The van der Waals surface area contributed by atoms with Crippen LogP contribution in [0.25, 0.3) is 0 Å². The Morgan fingerprint density at radius 3 is 2.55 bits per heavy atom. The molecule has 116 valence electrons. The highest BCUT2D eigenvalue weighted by Gasteiger charge is 2.14. The largest absolute Gasteiger partial charge is 0.465 e. The molecule has 0 saturated carbocycles. The van der Waals surface area contributed by atoms with E-state index in [1.807, 2.05) is 6.92 Å². The summed E-state index contributed by atoms with van der Waals surface area (Å²) in [5.74, 6) is 2.04. The van der Waals surface area contributed by atoms with Gasteiger partial charge in [-0.3, -0.25) is 4.90 Å². The molecule has 0 fully saturated rings. The molecule has 4 heteroatoms. The second kappa shape index (κ2) is 8.45. The predicted octanol–water partition coefficient (Wildman–Crippen LogP) is 2.94. The molecule has 0 aliphatic heterocycles. The van der Waals surface area contributed by atoms with Crippen molar-refractivity contribution in [2.45, 2.75) is 59.8 Å². The monoisotopic (exact) mass is 282 g/mol. The van der Waals surface area contributed by atoms with Gasteiger partial charge < -0.3 is 14.5 Å². The molecule has 0 amide bonds. The van der Waals surface area contributed by atoms with E-state index in [4.69, 9.17) is 9.15 Å². The standard InChI is InChI=1S/C16H30N2O2/c1-12(2)17-10-16-9-15(14(5)20-16)11-18(13(3)4)7-8-19-6/h9,12-13,17H,7-8,10-11H2,1-6H3.